The van der Waals surface area contributed by atoms with Gasteiger partial charge in [0.2, 0.25) is 0 Å². The molecule has 0 aromatic carbocycles. The van der Waals surface area contributed by atoms with Crippen molar-refractivity contribution >= 4 is 11.5 Å². The topological polar surface area (TPSA) is 68.2 Å². The summed E-state index contributed by atoms with van der Waals surface area (Å²) in [5.74, 6) is 1.64. The summed E-state index contributed by atoms with van der Waals surface area (Å²) < 4.78 is 1.93. The summed E-state index contributed by atoms with van der Waals surface area (Å²) in [6.07, 6.45) is 3.58. The molecule has 1 unspecified atom stereocenters. The Morgan fingerprint density at radius 2 is 2.25 bits per heavy atom. The molecule has 3 heterocycles. The van der Waals surface area contributed by atoms with E-state index in [9.17, 15) is 0 Å². The van der Waals surface area contributed by atoms with Gasteiger partial charge in [0, 0.05) is 0 Å². The molecular formula is C11H15N5. The zero-order valence-electron chi connectivity index (χ0n) is 9.06. The summed E-state index contributed by atoms with van der Waals surface area (Å²) in [6.45, 7) is 1.05. The van der Waals surface area contributed by atoms with Crippen LogP contribution < -0.4 is 11.1 Å². The molecule has 0 amide bonds. The molecule has 16 heavy (non-hydrogen) atoms. The lowest BCUT2D eigenvalue weighted by atomic mass is 10.0. The molecule has 3 N–H and O–H groups in total. The largest absolute Gasteiger partial charge is 0.385 e. The van der Waals surface area contributed by atoms with Gasteiger partial charge in [-0.3, -0.25) is 4.40 Å². The van der Waals surface area contributed by atoms with Gasteiger partial charge < -0.3 is 11.1 Å². The second-order valence-electron chi connectivity index (χ2n) is 4.20. The predicted octanol–water partition coefficient (Wildman–Crippen LogP) is 1.13. The van der Waals surface area contributed by atoms with Crippen molar-refractivity contribution in [2.24, 2.45) is 0 Å². The quantitative estimate of drug-likeness (QED) is 0.751. The van der Waals surface area contributed by atoms with E-state index in [2.05, 4.69) is 15.5 Å². The number of nitrogens with zero attached hydrogens (tertiary/aromatic N) is 3. The van der Waals surface area contributed by atoms with Crippen LogP contribution in [0.2, 0.25) is 0 Å². The Hall–Kier alpha value is -1.62. The van der Waals surface area contributed by atoms with Crippen LogP contribution in [0.25, 0.3) is 5.65 Å². The molecule has 1 saturated heterocycles. The SMILES string of the molecule is Nc1cccc2nnc(C3CCCCN3)n12. The highest BCUT2D eigenvalue weighted by Gasteiger charge is 2.20. The van der Waals surface area contributed by atoms with E-state index in [1.807, 2.05) is 22.6 Å². The van der Waals surface area contributed by atoms with Crippen LogP contribution in [0.5, 0.6) is 0 Å². The molecule has 1 atom stereocenters. The molecule has 1 aliphatic rings. The Labute approximate surface area is 93.7 Å². The number of piperidine rings is 1. The lowest BCUT2D eigenvalue weighted by Gasteiger charge is -2.22. The van der Waals surface area contributed by atoms with Crippen molar-refractivity contribution in [1.29, 1.82) is 0 Å². The van der Waals surface area contributed by atoms with Crippen molar-refractivity contribution in [3.05, 3.63) is 24.0 Å². The van der Waals surface area contributed by atoms with Gasteiger partial charge >= 0.3 is 0 Å². The number of fused-ring (bicyclic) bond motifs is 1. The van der Waals surface area contributed by atoms with Crippen molar-refractivity contribution in [1.82, 2.24) is 19.9 Å². The van der Waals surface area contributed by atoms with Gasteiger partial charge in [0.05, 0.1) is 6.04 Å². The second kappa shape index (κ2) is 3.75. The van der Waals surface area contributed by atoms with Crippen LogP contribution in [0.3, 0.4) is 0 Å². The van der Waals surface area contributed by atoms with E-state index in [0.29, 0.717) is 5.82 Å². The van der Waals surface area contributed by atoms with E-state index in [1.54, 1.807) is 0 Å². The lowest BCUT2D eigenvalue weighted by Crippen LogP contribution is -2.28. The Morgan fingerprint density at radius 3 is 3.06 bits per heavy atom. The number of pyridine rings is 1. The van der Waals surface area contributed by atoms with Gasteiger partial charge in [0.25, 0.3) is 0 Å². The number of nitrogen functional groups attached to an aromatic ring is 1. The van der Waals surface area contributed by atoms with Crippen LogP contribution in [0.15, 0.2) is 18.2 Å². The predicted molar refractivity (Wildman–Crippen MR) is 62.0 cm³/mol. The minimum atomic E-state index is 0.286. The first-order valence-electron chi connectivity index (χ1n) is 5.69. The normalized spacial score (nSPS) is 21.4. The molecule has 84 valence electrons. The number of hydrogen-bond acceptors (Lipinski definition) is 4. The summed E-state index contributed by atoms with van der Waals surface area (Å²) in [5, 5.41) is 11.9. The van der Waals surface area contributed by atoms with E-state index >= 15 is 0 Å². The van der Waals surface area contributed by atoms with Crippen LogP contribution in [0, 0.1) is 0 Å². The molecule has 0 saturated carbocycles. The van der Waals surface area contributed by atoms with Gasteiger partial charge in [-0.05, 0) is 31.5 Å². The highest BCUT2D eigenvalue weighted by Crippen LogP contribution is 2.23. The third-order valence-electron chi connectivity index (χ3n) is 3.11. The van der Waals surface area contributed by atoms with Crippen LogP contribution in [-0.2, 0) is 0 Å². The summed E-state index contributed by atoms with van der Waals surface area (Å²) in [4.78, 5) is 0. The molecule has 2 aromatic rings. The van der Waals surface area contributed by atoms with Crippen molar-refractivity contribution in [2.45, 2.75) is 25.3 Å². The minimum absolute atomic E-state index is 0.286. The maximum absolute atomic E-state index is 5.96. The maximum Gasteiger partial charge on any atom is 0.162 e. The number of rotatable bonds is 1. The molecule has 5 nitrogen and oxygen atoms in total. The van der Waals surface area contributed by atoms with Gasteiger partial charge in [0.15, 0.2) is 11.5 Å². The zero-order valence-corrected chi connectivity index (χ0v) is 9.06. The zero-order chi connectivity index (χ0) is 11.0. The molecule has 0 spiro atoms. The Balaban J connectivity index is 2.09. The van der Waals surface area contributed by atoms with Gasteiger partial charge in [0.1, 0.15) is 5.82 Å². The first-order chi connectivity index (χ1) is 7.86. The summed E-state index contributed by atoms with van der Waals surface area (Å²) in [7, 11) is 0. The fourth-order valence-electron chi connectivity index (χ4n) is 2.29. The number of nitrogens with two attached hydrogens (primary N) is 1. The van der Waals surface area contributed by atoms with Crippen molar-refractivity contribution in [3.63, 3.8) is 0 Å². The molecule has 1 fully saturated rings. The molecule has 3 rings (SSSR count). The average molecular weight is 217 g/mol. The summed E-state index contributed by atoms with van der Waals surface area (Å²) >= 11 is 0. The number of anilines is 1. The summed E-state index contributed by atoms with van der Waals surface area (Å²) in [5.41, 5.74) is 6.78. The third kappa shape index (κ3) is 1.44. The highest BCUT2D eigenvalue weighted by molar-refractivity contribution is 5.47. The number of hydrogen-bond donors (Lipinski definition) is 2. The lowest BCUT2D eigenvalue weighted by molar-refractivity contribution is 0.395. The van der Waals surface area contributed by atoms with E-state index in [-0.39, 0.29) is 6.04 Å². The molecule has 1 aliphatic heterocycles. The molecule has 0 bridgehead atoms. The van der Waals surface area contributed by atoms with Crippen molar-refractivity contribution in [3.8, 4) is 0 Å². The van der Waals surface area contributed by atoms with E-state index in [4.69, 9.17) is 5.73 Å². The smallest absolute Gasteiger partial charge is 0.162 e. The van der Waals surface area contributed by atoms with Crippen LogP contribution in [0.1, 0.15) is 31.1 Å². The van der Waals surface area contributed by atoms with Gasteiger partial charge in [-0.1, -0.05) is 12.5 Å². The van der Waals surface area contributed by atoms with Crippen LogP contribution in [-0.4, -0.2) is 21.1 Å². The fourth-order valence-corrected chi connectivity index (χ4v) is 2.29. The Kier molecular flexibility index (Phi) is 2.25. The average Bonchev–Trinajstić information content (AvgIpc) is 2.75. The first kappa shape index (κ1) is 9.59. The van der Waals surface area contributed by atoms with Crippen molar-refractivity contribution < 1.29 is 0 Å². The van der Waals surface area contributed by atoms with Crippen molar-refractivity contribution in [2.75, 3.05) is 12.3 Å². The molecule has 5 heteroatoms. The van der Waals surface area contributed by atoms with Gasteiger partial charge in [-0.2, -0.15) is 0 Å². The Morgan fingerprint density at radius 1 is 1.31 bits per heavy atom. The van der Waals surface area contributed by atoms with Gasteiger partial charge in [-0.25, -0.2) is 0 Å². The summed E-state index contributed by atoms with van der Waals surface area (Å²) in [6, 6.07) is 5.99. The van der Waals surface area contributed by atoms with E-state index < -0.39 is 0 Å². The second-order valence-corrected chi connectivity index (χ2v) is 4.20. The molecule has 0 aliphatic carbocycles. The highest BCUT2D eigenvalue weighted by atomic mass is 15.3. The Bertz CT molecular complexity index is 498. The molecule has 0 radical (unpaired) electrons. The van der Waals surface area contributed by atoms with Gasteiger partial charge in [-0.15, -0.1) is 10.2 Å². The van der Waals surface area contributed by atoms with E-state index in [0.717, 1.165) is 24.4 Å². The third-order valence-corrected chi connectivity index (χ3v) is 3.11. The fraction of sp³-hybridized carbons (Fsp3) is 0.455. The van der Waals surface area contributed by atoms with E-state index in [1.165, 1.54) is 12.8 Å². The monoisotopic (exact) mass is 217 g/mol. The van der Waals surface area contributed by atoms with Crippen LogP contribution >= 0.6 is 0 Å². The maximum atomic E-state index is 5.96. The molecule has 2 aromatic heterocycles. The standard InChI is InChI=1S/C11H15N5/c12-9-5-3-6-10-14-15-11(16(9)10)8-4-1-2-7-13-8/h3,5-6,8,13H,1-2,4,7,12H2. The first-order valence-corrected chi connectivity index (χ1v) is 5.69. The molecular weight excluding hydrogens is 202 g/mol. The number of aromatic nitrogens is 3. The van der Waals surface area contributed by atoms with Crippen LogP contribution in [0.4, 0.5) is 5.82 Å². The number of nitrogens with one attached hydrogen (secondary N) is 1. The minimum Gasteiger partial charge on any atom is -0.385 e.